The SMILES string of the molecule is O=C([O-])C(S)CCC(S)C(=O)[O-].[NH4+].[NH4+]. The van der Waals surface area contributed by atoms with Gasteiger partial charge in [-0.05, 0) is 12.8 Å². The van der Waals surface area contributed by atoms with Crippen LogP contribution in [0, 0.1) is 0 Å². The molecule has 0 rings (SSSR count). The van der Waals surface area contributed by atoms with Crippen molar-refractivity contribution in [3.63, 3.8) is 0 Å². The molecule has 0 radical (unpaired) electrons. The fraction of sp³-hybridized carbons (Fsp3) is 0.667. The first-order valence-electron chi connectivity index (χ1n) is 3.23. The van der Waals surface area contributed by atoms with Gasteiger partial charge in [-0.1, -0.05) is 0 Å². The van der Waals surface area contributed by atoms with E-state index >= 15 is 0 Å². The van der Waals surface area contributed by atoms with Crippen LogP contribution in [0.5, 0.6) is 0 Å². The summed E-state index contributed by atoms with van der Waals surface area (Å²) in [5.41, 5.74) is 0. The minimum Gasteiger partial charge on any atom is -0.549 e. The summed E-state index contributed by atoms with van der Waals surface area (Å²) in [6.07, 6.45) is 0.210. The molecular formula is C6H16N2O4S2. The van der Waals surface area contributed by atoms with Crippen LogP contribution in [0.4, 0.5) is 0 Å². The zero-order valence-corrected chi connectivity index (χ0v) is 9.89. The second-order valence-corrected chi connectivity index (χ2v) is 3.49. The maximum absolute atomic E-state index is 10.1. The first-order chi connectivity index (χ1) is 5.45. The lowest BCUT2D eigenvalue weighted by molar-refractivity contribution is -0.307. The van der Waals surface area contributed by atoms with Crippen LogP contribution in [-0.2, 0) is 9.59 Å². The predicted octanol–water partition coefficient (Wildman–Crippen LogP) is -1.38. The highest BCUT2D eigenvalue weighted by atomic mass is 32.1. The Bertz CT molecular complexity index is 171. The standard InChI is InChI=1S/C6H10O4S2.2H3N/c7-5(8)3(11)1-2-4(12)6(9)10;;/h3-4,11-12H,1-2H2,(H,7,8)(H,9,10);2*1H3. The Morgan fingerprint density at radius 3 is 1.29 bits per heavy atom. The number of carboxylic acids is 2. The average Bonchev–Trinajstić information content (AvgIpc) is 1.98. The van der Waals surface area contributed by atoms with Gasteiger partial charge in [-0.3, -0.25) is 0 Å². The quantitative estimate of drug-likeness (QED) is 0.440. The smallest absolute Gasteiger partial charge is 0.0541 e. The third-order valence-corrected chi connectivity index (χ3v) is 2.20. The Balaban J connectivity index is -0.000000605. The minimum atomic E-state index is -1.31. The number of carbonyl (C=O) groups excluding carboxylic acids is 2. The topological polar surface area (TPSA) is 153 Å². The molecule has 0 fully saturated rings. The van der Waals surface area contributed by atoms with E-state index in [1.165, 1.54) is 0 Å². The minimum absolute atomic E-state index is 0. The summed E-state index contributed by atoms with van der Waals surface area (Å²) < 4.78 is 0. The highest BCUT2D eigenvalue weighted by Gasteiger charge is 2.08. The average molecular weight is 244 g/mol. The molecule has 0 saturated carbocycles. The van der Waals surface area contributed by atoms with Gasteiger partial charge in [-0.25, -0.2) is 0 Å². The van der Waals surface area contributed by atoms with Gasteiger partial charge in [-0.15, -0.1) is 0 Å². The molecule has 0 aliphatic carbocycles. The Kier molecular flexibility index (Phi) is 12.5. The molecule has 6 nitrogen and oxygen atoms in total. The first-order valence-corrected chi connectivity index (χ1v) is 4.26. The molecule has 0 bridgehead atoms. The molecule has 8 N–H and O–H groups in total. The predicted molar refractivity (Wildman–Crippen MR) is 56.8 cm³/mol. The van der Waals surface area contributed by atoms with E-state index < -0.39 is 22.4 Å². The number of carbonyl (C=O) groups is 2. The number of hydrogen-bond donors (Lipinski definition) is 4. The molecule has 0 heterocycles. The van der Waals surface area contributed by atoms with E-state index in [-0.39, 0.29) is 25.1 Å². The van der Waals surface area contributed by atoms with Crippen LogP contribution in [0.2, 0.25) is 0 Å². The van der Waals surface area contributed by atoms with Crippen molar-refractivity contribution in [2.75, 3.05) is 0 Å². The van der Waals surface area contributed by atoms with E-state index in [0.29, 0.717) is 0 Å². The van der Waals surface area contributed by atoms with Crippen molar-refractivity contribution in [2.45, 2.75) is 23.3 Å². The van der Waals surface area contributed by atoms with Crippen LogP contribution < -0.4 is 22.5 Å². The molecule has 2 atom stereocenters. The fourth-order valence-corrected chi connectivity index (χ4v) is 0.850. The summed E-state index contributed by atoms with van der Waals surface area (Å²) in [5.74, 6) is -2.62. The van der Waals surface area contributed by atoms with Crippen molar-refractivity contribution in [1.29, 1.82) is 0 Å². The summed E-state index contributed by atoms with van der Waals surface area (Å²) in [6, 6.07) is 0. The van der Waals surface area contributed by atoms with Gasteiger partial charge in [0.2, 0.25) is 0 Å². The van der Waals surface area contributed by atoms with Gasteiger partial charge >= 0.3 is 0 Å². The lowest BCUT2D eigenvalue weighted by Crippen LogP contribution is -2.35. The highest BCUT2D eigenvalue weighted by Crippen LogP contribution is 2.09. The van der Waals surface area contributed by atoms with E-state index in [2.05, 4.69) is 25.3 Å². The van der Waals surface area contributed by atoms with Gasteiger partial charge in [0.05, 0.1) is 11.9 Å². The molecule has 0 aromatic carbocycles. The Morgan fingerprint density at radius 1 is 0.929 bits per heavy atom. The number of rotatable bonds is 5. The number of carboxylic acid groups (broad SMARTS) is 2. The Labute approximate surface area is 93.1 Å². The molecule has 8 heteroatoms. The van der Waals surface area contributed by atoms with Crippen molar-refractivity contribution in [2.24, 2.45) is 0 Å². The molecular weight excluding hydrogens is 228 g/mol. The first kappa shape index (κ1) is 19.2. The van der Waals surface area contributed by atoms with E-state index in [4.69, 9.17) is 0 Å². The monoisotopic (exact) mass is 244 g/mol. The zero-order chi connectivity index (χ0) is 9.72. The van der Waals surface area contributed by atoms with Crippen molar-refractivity contribution < 1.29 is 19.8 Å². The zero-order valence-electron chi connectivity index (χ0n) is 8.10. The van der Waals surface area contributed by atoms with Gasteiger partial charge in [0.25, 0.3) is 0 Å². The molecule has 0 aromatic heterocycles. The summed E-state index contributed by atoms with van der Waals surface area (Å²) >= 11 is 7.32. The maximum atomic E-state index is 10.1. The lowest BCUT2D eigenvalue weighted by Gasteiger charge is -2.15. The summed E-state index contributed by atoms with van der Waals surface area (Å²) in [7, 11) is 0. The van der Waals surface area contributed by atoms with Crippen LogP contribution in [-0.4, -0.2) is 22.4 Å². The van der Waals surface area contributed by atoms with Gasteiger partial charge in [-0.2, -0.15) is 25.3 Å². The van der Waals surface area contributed by atoms with E-state index in [9.17, 15) is 19.8 Å². The van der Waals surface area contributed by atoms with Crippen LogP contribution >= 0.6 is 25.3 Å². The van der Waals surface area contributed by atoms with Crippen molar-refractivity contribution in [1.82, 2.24) is 12.3 Å². The molecule has 14 heavy (non-hydrogen) atoms. The lowest BCUT2D eigenvalue weighted by atomic mass is 10.2. The summed E-state index contributed by atoms with van der Waals surface area (Å²) in [5, 5.41) is 18.3. The number of quaternary nitrogens is 2. The second-order valence-electron chi connectivity index (χ2n) is 2.25. The maximum Gasteiger partial charge on any atom is 0.0541 e. The van der Waals surface area contributed by atoms with E-state index in [0.717, 1.165) is 0 Å². The van der Waals surface area contributed by atoms with Gasteiger partial charge in [0, 0.05) is 10.5 Å². The highest BCUT2D eigenvalue weighted by molar-refractivity contribution is 7.82. The fourth-order valence-electron chi connectivity index (χ4n) is 0.551. The van der Waals surface area contributed by atoms with Gasteiger partial charge < -0.3 is 32.1 Å². The van der Waals surface area contributed by atoms with Crippen LogP contribution in [0.1, 0.15) is 12.8 Å². The second kappa shape index (κ2) is 9.13. The van der Waals surface area contributed by atoms with Gasteiger partial charge in [0.15, 0.2) is 0 Å². The Hall–Kier alpha value is -0.440. The number of hydrogen-bond acceptors (Lipinski definition) is 6. The van der Waals surface area contributed by atoms with E-state index in [1.54, 1.807) is 0 Å². The van der Waals surface area contributed by atoms with Crippen molar-refractivity contribution in [3.8, 4) is 0 Å². The van der Waals surface area contributed by atoms with Crippen molar-refractivity contribution >= 4 is 37.2 Å². The molecule has 2 unspecified atom stereocenters. The number of thiol groups is 2. The summed E-state index contributed by atoms with van der Waals surface area (Å²) in [4.78, 5) is 20.2. The van der Waals surface area contributed by atoms with Crippen molar-refractivity contribution in [3.05, 3.63) is 0 Å². The molecule has 0 spiro atoms. The van der Waals surface area contributed by atoms with Crippen LogP contribution in [0.15, 0.2) is 0 Å². The van der Waals surface area contributed by atoms with Crippen LogP contribution in [0.25, 0.3) is 0 Å². The number of aliphatic carboxylic acids is 2. The summed E-state index contributed by atoms with van der Waals surface area (Å²) in [6.45, 7) is 0. The van der Waals surface area contributed by atoms with Crippen LogP contribution in [0.3, 0.4) is 0 Å². The third kappa shape index (κ3) is 8.17. The molecule has 0 amide bonds. The van der Waals surface area contributed by atoms with E-state index in [1.807, 2.05) is 0 Å². The molecule has 86 valence electrons. The van der Waals surface area contributed by atoms with Gasteiger partial charge in [0.1, 0.15) is 0 Å². The Morgan fingerprint density at radius 2 is 1.14 bits per heavy atom. The largest absolute Gasteiger partial charge is 0.549 e. The molecule has 0 aliphatic rings. The molecule has 0 saturated heterocycles. The molecule has 0 aliphatic heterocycles. The molecule has 0 aromatic rings. The normalized spacial score (nSPS) is 13.0. The third-order valence-electron chi connectivity index (χ3n) is 1.26.